The molecule has 8 heteroatoms. The van der Waals surface area contributed by atoms with Gasteiger partial charge in [-0.05, 0) is 49.6 Å². The highest BCUT2D eigenvalue weighted by molar-refractivity contribution is 7.99. The molecule has 5 nitrogen and oxygen atoms in total. The lowest BCUT2D eigenvalue weighted by Gasteiger charge is -2.29. The van der Waals surface area contributed by atoms with Crippen molar-refractivity contribution in [3.8, 4) is 5.75 Å². The minimum Gasteiger partial charge on any atom is -0.493 e. The van der Waals surface area contributed by atoms with Crippen LogP contribution in [0.4, 0.5) is 0 Å². The van der Waals surface area contributed by atoms with E-state index in [-0.39, 0.29) is 11.8 Å². The number of amides is 1. The number of hydrogen-bond donors (Lipinski definition) is 1. The maximum atomic E-state index is 12.4. The second-order valence-corrected chi connectivity index (χ2v) is 8.87. The number of para-hydroxylation sites is 1. The van der Waals surface area contributed by atoms with Gasteiger partial charge in [-0.15, -0.1) is 0 Å². The lowest BCUT2D eigenvalue weighted by molar-refractivity contribution is -0.144. The van der Waals surface area contributed by atoms with Crippen molar-refractivity contribution in [3.05, 3.63) is 58.1 Å². The summed E-state index contributed by atoms with van der Waals surface area (Å²) in [5.74, 6) is -0.561. The SMILES string of the molecule is CCOc1ccccc1Sc1ccc(/C=C/C(=O)N2CCC(C(=O)O)CC2)c(Cl)c1Cl. The predicted octanol–water partition coefficient (Wildman–Crippen LogP) is 5.88. The molecule has 1 amide bonds. The van der Waals surface area contributed by atoms with Crippen molar-refractivity contribution in [2.45, 2.75) is 29.6 Å². The van der Waals surface area contributed by atoms with E-state index in [4.69, 9.17) is 33.0 Å². The summed E-state index contributed by atoms with van der Waals surface area (Å²) in [7, 11) is 0. The number of carboxylic acids is 1. The third-order valence-electron chi connectivity index (χ3n) is 5.01. The van der Waals surface area contributed by atoms with Crippen LogP contribution in [0.2, 0.25) is 10.0 Å². The Labute approximate surface area is 196 Å². The summed E-state index contributed by atoms with van der Waals surface area (Å²) < 4.78 is 5.66. The molecule has 0 bridgehead atoms. The first-order valence-corrected chi connectivity index (χ1v) is 11.6. The largest absolute Gasteiger partial charge is 0.493 e. The molecule has 164 valence electrons. The summed E-state index contributed by atoms with van der Waals surface area (Å²) >= 11 is 14.4. The summed E-state index contributed by atoms with van der Waals surface area (Å²) in [5, 5.41) is 9.86. The number of nitrogens with zero attached hydrogens (tertiary/aromatic N) is 1. The summed E-state index contributed by atoms with van der Waals surface area (Å²) in [4.78, 5) is 26.9. The molecule has 1 N–H and O–H groups in total. The lowest BCUT2D eigenvalue weighted by Crippen LogP contribution is -2.39. The molecule has 0 atom stereocenters. The van der Waals surface area contributed by atoms with Gasteiger partial charge >= 0.3 is 5.97 Å². The van der Waals surface area contributed by atoms with Crippen molar-refractivity contribution in [2.24, 2.45) is 5.92 Å². The zero-order valence-corrected chi connectivity index (χ0v) is 19.3. The molecule has 1 saturated heterocycles. The minimum absolute atomic E-state index is 0.167. The molecule has 1 fully saturated rings. The molecule has 31 heavy (non-hydrogen) atoms. The molecule has 1 aliphatic rings. The van der Waals surface area contributed by atoms with Gasteiger partial charge in [0.1, 0.15) is 5.75 Å². The normalized spacial score (nSPS) is 14.7. The third kappa shape index (κ3) is 5.97. The van der Waals surface area contributed by atoms with Crippen molar-refractivity contribution in [1.82, 2.24) is 4.90 Å². The maximum Gasteiger partial charge on any atom is 0.306 e. The van der Waals surface area contributed by atoms with E-state index in [2.05, 4.69) is 0 Å². The van der Waals surface area contributed by atoms with Crippen LogP contribution in [0.25, 0.3) is 6.08 Å². The van der Waals surface area contributed by atoms with Crippen LogP contribution in [0.15, 0.2) is 52.3 Å². The van der Waals surface area contributed by atoms with Crippen molar-refractivity contribution in [3.63, 3.8) is 0 Å². The second-order valence-electron chi connectivity index (χ2n) is 7.03. The number of rotatable bonds is 7. The first-order chi connectivity index (χ1) is 14.9. The number of piperidine rings is 1. The van der Waals surface area contributed by atoms with Crippen LogP contribution in [0.3, 0.4) is 0 Å². The van der Waals surface area contributed by atoms with Crippen LogP contribution in [-0.2, 0) is 9.59 Å². The summed E-state index contributed by atoms with van der Waals surface area (Å²) in [6, 6.07) is 11.4. The van der Waals surface area contributed by atoms with E-state index in [9.17, 15) is 9.59 Å². The average Bonchev–Trinajstić information content (AvgIpc) is 2.77. The van der Waals surface area contributed by atoms with E-state index in [1.54, 1.807) is 11.0 Å². The zero-order valence-electron chi connectivity index (χ0n) is 17.0. The molecule has 0 radical (unpaired) electrons. The molecule has 0 aliphatic carbocycles. The molecular weight excluding hydrogens is 457 g/mol. The van der Waals surface area contributed by atoms with Crippen molar-refractivity contribution in [2.75, 3.05) is 19.7 Å². The van der Waals surface area contributed by atoms with E-state index in [1.807, 2.05) is 43.3 Å². The van der Waals surface area contributed by atoms with Crippen LogP contribution in [0, 0.1) is 5.92 Å². The van der Waals surface area contributed by atoms with Gasteiger partial charge in [0.2, 0.25) is 5.91 Å². The van der Waals surface area contributed by atoms with Gasteiger partial charge in [0.05, 0.1) is 27.5 Å². The van der Waals surface area contributed by atoms with Gasteiger partial charge in [-0.25, -0.2) is 0 Å². The lowest BCUT2D eigenvalue weighted by atomic mass is 9.97. The first kappa shape index (κ1) is 23.5. The summed E-state index contributed by atoms with van der Waals surface area (Å²) in [6.45, 7) is 3.37. The minimum atomic E-state index is -0.800. The van der Waals surface area contributed by atoms with Crippen LogP contribution in [0.1, 0.15) is 25.3 Å². The van der Waals surface area contributed by atoms with E-state index in [1.165, 1.54) is 17.8 Å². The van der Waals surface area contributed by atoms with Gasteiger partial charge < -0.3 is 14.7 Å². The highest BCUT2D eigenvalue weighted by Gasteiger charge is 2.26. The van der Waals surface area contributed by atoms with E-state index < -0.39 is 5.97 Å². The van der Waals surface area contributed by atoms with Crippen LogP contribution in [-0.4, -0.2) is 41.6 Å². The topological polar surface area (TPSA) is 66.8 Å². The number of benzene rings is 2. The Bertz CT molecular complexity index is 988. The Balaban J connectivity index is 1.69. The predicted molar refractivity (Wildman–Crippen MR) is 124 cm³/mol. The third-order valence-corrected chi connectivity index (χ3v) is 7.13. The van der Waals surface area contributed by atoms with Gasteiger partial charge in [-0.2, -0.15) is 0 Å². The number of likely N-dealkylation sites (tertiary alicyclic amines) is 1. The number of aliphatic carboxylic acids is 1. The Morgan fingerprint density at radius 3 is 2.52 bits per heavy atom. The molecule has 2 aromatic rings. The standard InChI is InChI=1S/C23H23Cl2NO4S/c1-2-30-17-5-3-4-6-18(17)31-19-9-7-15(21(24)22(19)25)8-10-20(27)26-13-11-16(12-14-26)23(28)29/h3-10,16H,2,11-14H2,1H3,(H,28,29)/b10-8+. The molecule has 0 spiro atoms. The van der Waals surface area contributed by atoms with Gasteiger partial charge in [-0.1, -0.05) is 53.2 Å². The van der Waals surface area contributed by atoms with Gasteiger partial charge in [0, 0.05) is 24.1 Å². The molecule has 2 aromatic carbocycles. The van der Waals surface area contributed by atoms with Gasteiger partial charge in [-0.3, -0.25) is 9.59 Å². The molecule has 3 rings (SSSR count). The molecule has 0 saturated carbocycles. The highest BCUT2D eigenvalue weighted by atomic mass is 35.5. The quantitative estimate of drug-likeness (QED) is 0.502. The molecular formula is C23H23Cl2NO4S. The monoisotopic (exact) mass is 479 g/mol. The maximum absolute atomic E-state index is 12.4. The van der Waals surface area contributed by atoms with Crippen molar-refractivity contribution < 1.29 is 19.4 Å². The number of halogens is 2. The smallest absolute Gasteiger partial charge is 0.306 e. The van der Waals surface area contributed by atoms with Crippen LogP contribution < -0.4 is 4.74 Å². The fourth-order valence-electron chi connectivity index (χ4n) is 3.30. The zero-order chi connectivity index (χ0) is 22.4. The van der Waals surface area contributed by atoms with E-state index in [0.29, 0.717) is 48.1 Å². The molecule has 0 aromatic heterocycles. The Morgan fingerprint density at radius 1 is 1.13 bits per heavy atom. The van der Waals surface area contributed by atoms with Crippen molar-refractivity contribution in [1.29, 1.82) is 0 Å². The second kappa shape index (κ2) is 10.9. The fraction of sp³-hybridized carbons (Fsp3) is 0.304. The summed E-state index contributed by atoms with van der Waals surface area (Å²) in [6.07, 6.45) is 4.03. The number of ether oxygens (including phenoxy) is 1. The highest BCUT2D eigenvalue weighted by Crippen LogP contribution is 2.42. The average molecular weight is 480 g/mol. The van der Waals surface area contributed by atoms with Crippen LogP contribution in [0.5, 0.6) is 5.75 Å². The van der Waals surface area contributed by atoms with E-state index >= 15 is 0 Å². The number of carbonyl (C=O) groups is 2. The Hall–Kier alpha value is -2.15. The van der Waals surface area contributed by atoms with E-state index in [0.717, 1.165) is 15.5 Å². The first-order valence-electron chi connectivity index (χ1n) is 9.98. The van der Waals surface area contributed by atoms with Crippen molar-refractivity contribution >= 4 is 52.9 Å². The van der Waals surface area contributed by atoms with Gasteiger partial charge in [0.15, 0.2) is 0 Å². The number of carboxylic acid groups (broad SMARTS) is 1. The Kier molecular flexibility index (Phi) is 8.29. The van der Waals surface area contributed by atoms with Gasteiger partial charge in [0.25, 0.3) is 0 Å². The van der Waals surface area contributed by atoms with Crippen LogP contribution >= 0.6 is 35.0 Å². The number of carbonyl (C=O) groups excluding carboxylic acids is 1. The molecule has 1 aliphatic heterocycles. The number of hydrogen-bond acceptors (Lipinski definition) is 4. The molecule has 1 heterocycles. The Morgan fingerprint density at radius 2 is 1.84 bits per heavy atom. The molecule has 0 unspecified atom stereocenters. The summed E-state index contributed by atoms with van der Waals surface area (Å²) in [5.41, 5.74) is 0.642. The fourth-order valence-corrected chi connectivity index (χ4v) is 4.81.